The highest BCUT2D eigenvalue weighted by Crippen LogP contribution is 2.14. The van der Waals surface area contributed by atoms with Crippen molar-refractivity contribution in [1.29, 1.82) is 0 Å². The summed E-state index contributed by atoms with van der Waals surface area (Å²) in [5, 5.41) is 0. The van der Waals surface area contributed by atoms with Crippen molar-refractivity contribution < 1.29 is 9.18 Å². The highest BCUT2D eigenvalue weighted by Gasteiger charge is 2.03. The summed E-state index contributed by atoms with van der Waals surface area (Å²) >= 11 is 3.21. The van der Waals surface area contributed by atoms with E-state index in [9.17, 15) is 9.18 Å². The Morgan fingerprint density at radius 2 is 2.38 bits per heavy atom. The summed E-state index contributed by atoms with van der Waals surface area (Å²) in [5.74, 6) is -0.450. The first-order valence-corrected chi connectivity index (χ1v) is 4.77. The van der Waals surface area contributed by atoms with Crippen LogP contribution in [0.5, 0.6) is 0 Å². The number of aldehydes is 1. The van der Waals surface area contributed by atoms with Crippen LogP contribution in [0.1, 0.15) is 18.4 Å². The van der Waals surface area contributed by atoms with Crippen LogP contribution in [-0.4, -0.2) is 11.3 Å². The molecule has 0 saturated carbocycles. The standard InChI is InChI=1S/C9H9BrFNO/c10-8-5-7(3-1-2-4-13)9(11)12-6-8/h4-6H,1-3H2. The van der Waals surface area contributed by atoms with Crippen molar-refractivity contribution in [2.24, 2.45) is 0 Å². The zero-order valence-corrected chi connectivity index (χ0v) is 8.55. The molecule has 1 aromatic heterocycles. The van der Waals surface area contributed by atoms with Gasteiger partial charge in [0.1, 0.15) is 6.29 Å². The highest BCUT2D eigenvalue weighted by molar-refractivity contribution is 9.10. The second-order valence-electron chi connectivity index (χ2n) is 2.66. The Morgan fingerprint density at radius 3 is 3.08 bits per heavy atom. The molecule has 1 rings (SSSR count). The SMILES string of the molecule is O=CCCCc1cc(Br)cnc1F. The van der Waals surface area contributed by atoms with Gasteiger partial charge in [0.25, 0.3) is 0 Å². The van der Waals surface area contributed by atoms with E-state index in [1.165, 1.54) is 6.20 Å². The molecule has 0 saturated heterocycles. The lowest BCUT2D eigenvalue weighted by atomic mass is 10.1. The van der Waals surface area contributed by atoms with E-state index >= 15 is 0 Å². The van der Waals surface area contributed by atoms with Crippen LogP contribution in [0, 0.1) is 5.95 Å². The van der Waals surface area contributed by atoms with Gasteiger partial charge in [-0.25, -0.2) is 4.98 Å². The molecule has 0 atom stereocenters. The van der Waals surface area contributed by atoms with Crippen LogP contribution < -0.4 is 0 Å². The number of carbonyl (C=O) groups excluding carboxylic acids is 1. The number of aryl methyl sites for hydroxylation is 1. The van der Waals surface area contributed by atoms with E-state index in [2.05, 4.69) is 20.9 Å². The third-order valence-corrected chi connectivity index (χ3v) is 2.08. The fraction of sp³-hybridized carbons (Fsp3) is 0.333. The molecule has 4 heteroatoms. The number of hydrogen-bond acceptors (Lipinski definition) is 2. The van der Waals surface area contributed by atoms with Crippen molar-refractivity contribution in [2.75, 3.05) is 0 Å². The van der Waals surface area contributed by atoms with Gasteiger partial charge in [-0.1, -0.05) is 0 Å². The number of carbonyl (C=O) groups is 1. The van der Waals surface area contributed by atoms with Crippen molar-refractivity contribution in [3.63, 3.8) is 0 Å². The van der Waals surface area contributed by atoms with Crippen LogP contribution in [0.2, 0.25) is 0 Å². The monoisotopic (exact) mass is 245 g/mol. The van der Waals surface area contributed by atoms with E-state index in [0.717, 1.165) is 10.8 Å². The maximum Gasteiger partial charge on any atom is 0.216 e. The molecule has 0 N–H and O–H groups in total. The Kier molecular flexibility index (Phi) is 4.02. The summed E-state index contributed by atoms with van der Waals surface area (Å²) in [5.41, 5.74) is 0.552. The van der Waals surface area contributed by atoms with Crippen LogP contribution in [-0.2, 0) is 11.2 Å². The number of pyridine rings is 1. The molecule has 0 bridgehead atoms. The maximum atomic E-state index is 13.0. The molecule has 0 amide bonds. The molecule has 2 nitrogen and oxygen atoms in total. The zero-order valence-electron chi connectivity index (χ0n) is 6.96. The molecule has 70 valence electrons. The minimum atomic E-state index is -0.450. The second-order valence-corrected chi connectivity index (χ2v) is 3.58. The number of hydrogen-bond donors (Lipinski definition) is 0. The van der Waals surface area contributed by atoms with E-state index < -0.39 is 5.95 Å². The van der Waals surface area contributed by atoms with Gasteiger partial charge in [-0.15, -0.1) is 0 Å². The van der Waals surface area contributed by atoms with Crippen molar-refractivity contribution in [3.05, 3.63) is 28.2 Å². The van der Waals surface area contributed by atoms with E-state index in [0.29, 0.717) is 24.8 Å². The van der Waals surface area contributed by atoms with Gasteiger partial charge < -0.3 is 4.79 Å². The molecule has 0 spiro atoms. The smallest absolute Gasteiger partial charge is 0.216 e. The highest BCUT2D eigenvalue weighted by atomic mass is 79.9. The summed E-state index contributed by atoms with van der Waals surface area (Å²) in [6.45, 7) is 0. The minimum absolute atomic E-state index is 0.450. The fourth-order valence-corrected chi connectivity index (χ4v) is 1.39. The van der Waals surface area contributed by atoms with Gasteiger partial charge in [-0.2, -0.15) is 4.39 Å². The van der Waals surface area contributed by atoms with Gasteiger partial charge in [-0.05, 0) is 34.8 Å². The molecule has 0 aliphatic heterocycles. The molecule has 0 fully saturated rings. The molecule has 0 radical (unpaired) electrons. The molecular weight excluding hydrogens is 237 g/mol. The number of halogens is 2. The fourth-order valence-electron chi connectivity index (χ4n) is 1.02. The zero-order chi connectivity index (χ0) is 9.68. The van der Waals surface area contributed by atoms with E-state index in [-0.39, 0.29) is 0 Å². The Labute approximate surface area is 84.3 Å². The van der Waals surface area contributed by atoms with Gasteiger partial charge in [0.2, 0.25) is 5.95 Å². The molecule has 0 aliphatic carbocycles. The Balaban J connectivity index is 2.64. The van der Waals surface area contributed by atoms with Crippen LogP contribution in [0.15, 0.2) is 16.7 Å². The number of rotatable bonds is 4. The largest absolute Gasteiger partial charge is 0.303 e. The quantitative estimate of drug-likeness (QED) is 0.464. The van der Waals surface area contributed by atoms with Gasteiger partial charge in [-0.3, -0.25) is 0 Å². The Morgan fingerprint density at radius 1 is 1.62 bits per heavy atom. The summed E-state index contributed by atoms with van der Waals surface area (Å²) in [7, 11) is 0. The molecular formula is C9H9BrFNO. The summed E-state index contributed by atoms with van der Waals surface area (Å²) in [4.78, 5) is 13.6. The van der Waals surface area contributed by atoms with Gasteiger partial charge >= 0.3 is 0 Å². The van der Waals surface area contributed by atoms with Crippen LogP contribution in [0.3, 0.4) is 0 Å². The molecule has 0 unspecified atom stereocenters. The molecule has 0 aliphatic rings. The third-order valence-electron chi connectivity index (χ3n) is 1.65. The minimum Gasteiger partial charge on any atom is -0.303 e. The first kappa shape index (κ1) is 10.3. The van der Waals surface area contributed by atoms with Crippen LogP contribution >= 0.6 is 15.9 Å². The topological polar surface area (TPSA) is 30.0 Å². The predicted molar refractivity (Wildman–Crippen MR) is 50.9 cm³/mol. The summed E-state index contributed by atoms with van der Waals surface area (Å²) < 4.78 is 13.7. The van der Waals surface area contributed by atoms with Crippen molar-refractivity contribution >= 4 is 22.2 Å². The maximum absolute atomic E-state index is 13.0. The van der Waals surface area contributed by atoms with Crippen molar-refractivity contribution in [1.82, 2.24) is 4.98 Å². The third kappa shape index (κ3) is 3.22. The summed E-state index contributed by atoms with van der Waals surface area (Å²) in [6.07, 6.45) is 3.93. The summed E-state index contributed by atoms with van der Waals surface area (Å²) in [6, 6.07) is 1.69. The Hall–Kier alpha value is -0.770. The van der Waals surface area contributed by atoms with Gasteiger partial charge in [0.05, 0.1) is 0 Å². The van der Waals surface area contributed by atoms with E-state index in [4.69, 9.17) is 0 Å². The van der Waals surface area contributed by atoms with E-state index in [1.807, 2.05) is 0 Å². The normalized spacial score (nSPS) is 10.0. The number of aromatic nitrogens is 1. The Bertz CT molecular complexity index is 304. The molecule has 1 heterocycles. The lowest BCUT2D eigenvalue weighted by Crippen LogP contribution is -1.94. The lowest BCUT2D eigenvalue weighted by Gasteiger charge is -2.00. The number of nitrogens with zero attached hydrogens (tertiary/aromatic N) is 1. The molecule has 13 heavy (non-hydrogen) atoms. The van der Waals surface area contributed by atoms with Crippen molar-refractivity contribution in [2.45, 2.75) is 19.3 Å². The molecule has 0 aromatic carbocycles. The van der Waals surface area contributed by atoms with Crippen LogP contribution in [0.25, 0.3) is 0 Å². The second kappa shape index (κ2) is 5.07. The average molecular weight is 246 g/mol. The van der Waals surface area contributed by atoms with Gasteiger partial charge in [0, 0.05) is 22.7 Å². The van der Waals surface area contributed by atoms with Gasteiger partial charge in [0.15, 0.2) is 0 Å². The first-order valence-electron chi connectivity index (χ1n) is 3.97. The molecule has 1 aromatic rings. The first-order chi connectivity index (χ1) is 6.24. The predicted octanol–water partition coefficient (Wildman–Crippen LogP) is 2.50. The number of unbranched alkanes of at least 4 members (excludes halogenated alkanes) is 1. The lowest BCUT2D eigenvalue weighted by molar-refractivity contribution is -0.107. The van der Waals surface area contributed by atoms with E-state index in [1.54, 1.807) is 6.07 Å². The average Bonchev–Trinajstić information content (AvgIpc) is 2.11. The van der Waals surface area contributed by atoms with Crippen molar-refractivity contribution in [3.8, 4) is 0 Å². The van der Waals surface area contributed by atoms with Crippen LogP contribution in [0.4, 0.5) is 4.39 Å².